The van der Waals surface area contributed by atoms with Gasteiger partial charge in [0.2, 0.25) is 0 Å². The number of nitrogens with two attached hydrogens (primary N) is 1. The molecule has 0 fully saturated rings. The summed E-state index contributed by atoms with van der Waals surface area (Å²) in [5.74, 6) is 1.04. The summed E-state index contributed by atoms with van der Waals surface area (Å²) in [5, 5.41) is 4.21. The molecule has 1 aromatic heterocycles. The number of rotatable bonds is 7. The average molecular weight is 225 g/mol. The number of hydrogen-bond acceptors (Lipinski definition) is 4. The number of aromatic nitrogens is 3. The standard InChI is InChI=1S/C11H23N5/c1-4-6-16-11(13-9-14-16)8-15(3)7-5-10(2)12/h9-10H,4-8,12H2,1-3H3. The van der Waals surface area contributed by atoms with Crippen molar-refractivity contribution >= 4 is 0 Å². The zero-order valence-electron chi connectivity index (χ0n) is 10.6. The molecule has 1 rings (SSSR count). The van der Waals surface area contributed by atoms with Crippen LogP contribution in [0, 0.1) is 0 Å². The molecule has 0 radical (unpaired) electrons. The predicted octanol–water partition coefficient (Wildman–Crippen LogP) is 0.857. The van der Waals surface area contributed by atoms with Crippen LogP contribution < -0.4 is 5.73 Å². The van der Waals surface area contributed by atoms with Gasteiger partial charge in [-0.25, -0.2) is 9.67 Å². The monoisotopic (exact) mass is 225 g/mol. The Kier molecular flexibility index (Phi) is 5.42. The highest BCUT2D eigenvalue weighted by Gasteiger charge is 2.07. The second-order valence-corrected chi connectivity index (χ2v) is 4.40. The van der Waals surface area contributed by atoms with E-state index in [4.69, 9.17) is 5.73 Å². The second-order valence-electron chi connectivity index (χ2n) is 4.40. The van der Waals surface area contributed by atoms with Crippen molar-refractivity contribution in [2.24, 2.45) is 5.73 Å². The highest BCUT2D eigenvalue weighted by molar-refractivity contribution is 4.84. The minimum Gasteiger partial charge on any atom is -0.328 e. The van der Waals surface area contributed by atoms with Gasteiger partial charge in [0.25, 0.3) is 0 Å². The molecule has 1 aromatic rings. The molecule has 0 spiro atoms. The van der Waals surface area contributed by atoms with Crippen LogP contribution in [0.25, 0.3) is 0 Å². The molecule has 0 saturated carbocycles. The van der Waals surface area contributed by atoms with Gasteiger partial charge in [-0.3, -0.25) is 4.90 Å². The van der Waals surface area contributed by atoms with Crippen molar-refractivity contribution < 1.29 is 0 Å². The molecular formula is C11H23N5. The van der Waals surface area contributed by atoms with E-state index < -0.39 is 0 Å². The Morgan fingerprint density at radius 1 is 1.56 bits per heavy atom. The summed E-state index contributed by atoms with van der Waals surface area (Å²) < 4.78 is 1.97. The van der Waals surface area contributed by atoms with E-state index in [0.29, 0.717) is 0 Å². The van der Waals surface area contributed by atoms with Gasteiger partial charge in [-0.1, -0.05) is 6.92 Å². The first-order valence-corrected chi connectivity index (χ1v) is 5.94. The van der Waals surface area contributed by atoms with Crippen LogP contribution in [-0.2, 0) is 13.1 Å². The first-order valence-electron chi connectivity index (χ1n) is 5.94. The summed E-state index contributed by atoms with van der Waals surface area (Å²) in [4.78, 5) is 6.52. The molecular weight excluding hydrogens is 202 g/mol. The van der Waals surface area contributed by atoms with Crippen LogP contribution in [0.4, 0.5) is 0 Å². The van der Waals surface area contributed by atoms with Crippen molar-refractivity contribution in [2.75, 3.05) is 13.6 Å². The maximum absolute atomic E-state index is 5.73. The van der Waals surface area contributed by atoms with Crippen molar-refractivity contribution in [1.29, 1.82) is 0 Å². The lowest BCUT2D eigenvalue weighted by atomic mass is 10.2. The molecule has 5 nitrogen and oxygen atoms in total. The first kappa shape index (κ1) is 13.1. The maximum Gasteiger partial charge on any atom is 0.140 e. The van der Waals surface area contributed by atoms with Crippen LogP contribution in [0.1, 0.15) is 32.5 Å². The van der Waals surface area contributed by atoms with E-state index in [9.17, 15) is 0 Å². The fourth-order valence-electron chi connectivity index (χ4n) is 1.55. The number of hydrogen-bond donors (Lipinski definition) is 1. The van der Waals surface area contributed by atoms with Crippen molar-refractivity contribution in [1.82, 2.24) is 19.7 Å². The molecule has 0 aromatic carbocycles. The molecule has 0 aliphatic heterocycles. The van der Waals surface area contributed by atoms with Crippen molar-refractivity contribution in [3.8, 4) is 0 Å². The van der Waals surface area contributed by atoms with Crippen molar-refractivity contribution in [3.05, 3.63) is 12.2 Å². The van der Waals surface area contributed by atoms with E-state index in [1.54, 1.807) is 6.33 Å². The summed E-state index contributed by atoms with van der Waals surface area (Å²) in [7, 11) is 2.09. The van der Waals surface area contributed by atoms with Gasteiger partial charge in [0.05, 0.1) is 6.54 Å². The normalized spacial score (nSPS) is 13.3. The maximum atomic E-state index is 5.73. The molecule has 1 heterocycles. The van der Waals surface area contributed by atoms with Crippen LogP contribution in [-0.4, -0.2) is 39.3 Å². The van der Waals surface area contributed by atoms with Gasteiger partial charge >= 0.3 is 0 Å². The molecule has 92 valence electrons. The highest BCUT2D eigenvalue weighted by Crippen LogP contribution is 2.01. The Balaban J connectivity index is 2.42. The smallest absolute Gasteiger partial charge is 0.140 e. The fourth-order valence-corrected chi connectivity index (χ4v) is 1.55. The Morgan fingerprint density at radius 3 is 2.94 bits per heavy atom. The largest absolute Gasteiger partial charge is 0.328 e. The molecule has 1 unspecified atom stereocenters. The molecule has 0 saturated heterocycles. The zero-order chi connectivity index (χ0) is 12.0. The number of nitrogens with zero attached hydrogens (tertiary/aromatic N) is 4. The summed E-state index contributed by atoms with van der Waals surface area (Å²) >= 11 is 0. The minimum atomic E-state index is 0.260. The summed E-state index contributed by atoms with van der Waals surface area (Å²) in [6.07, 6.45) is 3.72. The van der Waals surface area contributed by atoms with Crippen LogP contribution >= 0.6 is 0 Å². The molecule has 16 heavy (non-hydrogen) atoms. The van der Waals surface area contributed by atoms with Gasteiger partial charge in [0.1, 0.15) is 12.2 Å². The van der Waals surface area contributed by atoms with Gasteiger partial charge in [-0.05, 0) is 33.4 Å². The Labute approximate surface area is 97.6 Å². The Morgan fingerprint density at radius 2 is 2.31 bits per heavy atom. The third kappa shape index (κ3) is 4.28. The third-order valence-corrected chi connectivity index (χ3v) is 2.51. The first-order chi connectivity index (χ1) is 7.63. The predicted molar refractivity (Wildman–Crippen MR) is 64.9 cm³/mol. The van der Waals surface area contributed by atoms with E-state index in [1.165, 1.54) is 0 Å². The van der Waals surface area contributed by atoms with E-state index >= 15 is 0 Å². The summed E-state index contributed by atoms with van der Waals surface area (Å²) in [6, 6.07) is 0.260. The quantitative estimate of drug-likeness (QED) is 0.747. The van der Waals surface area contributed by atoms with Crippen molar-refractivity contribution in [3.63, 3.8) is 0 Å². The lowest BCUT2D eigenvalue weighted by Gasteiger charge is -2.17. The molecule has 0 bridgehead atoms. The molecule has 0 aliphatic rings. The van der Waals surface area contributed by atoms with E-state index in [0.717, 1.165) is 38.3 Å². The van der Waals surface area contributed by atoms with E-state index in [-0.39, 0.29) is 6.04 Å². The average Bonchev–Trinajstić information content (AvgIpc) is 2.63. The van der Waals surface area contributed by atoms with Gasteiger partial charge in [0.15, 0.2) is 0 Å². The summed E-state index contributed by atoms with van der Waals surface area (Å²) in [5.41, 5.74) is 5.73. The van der Waals surface area contributed by atoms with Crippen LogP contribution in [0.3, 0.4) is 0 Å². The third-order valence-electron chi connectivity index (χ3n) is 2.51. The topological polar surface area (TPSA) is 60.0 Å². The fraction of sp³-hybridized carbons (Fsp3) is 0.818. The lowest BCUT2D eigenvalue weighted by Crippen LogP contribution is -2.27. The van der Waals surface area contributed by atoms with Gasteiger partial charge < -0.3 is 5.73 Å². The van der Waals surface area contributed by atoms with Gasteiger partial charge in [-0.15, -0.1) is 0 Å². The van der Waals surface area contributed by atoms with Gasteiger partial charge in [0, 0.05) is 12.6 Å². The number of aryl methyl sites for hydroxylation is 1. The minimum absolute atomic E-state index is 0.260. The van der Waals surface area contributed by atoms with E-state index in [2.05, 4.69) is 29.0 Å². The lowest BCUT2D eigenvalue weighted by molar-refractivity contribution is 0.298. The van der Waals surface area contributed by atoms with E-state index in [1.807, 2.05) is 11.6 Å². The van der Waals surface area contributed by atoms with Crippen LogP contribution in [0.2, 0.25) is 0 Å². The summed E-state index contributed by atoms with van der Waals surface area (Å²) in [6.45, 7) is 6.96. The van der Waals surface area contributed by atoms with Gasteiger partial charge in [-0.2, -0.15) is 5.10 Å². The second kappa shape index (κ2) is 6.60. The molecule has 1 atom stereocenters. The zero-order valence-corrected chi connectivity index (χ0v) is 10.6. The highest BCUT2D eigenvalue weighted by atomic mass is 15.3. The molecule has 0 aliphatic carbocycles. The SMILES string of the molecule is CCCn1ncnc1CN(C)CCC(C)N. The Bertz CT molecular complexity index is 294. The molecule has 0 amide bonds. The van der Waals surface area contributed by atoms with Crippen molar-refractivity contribution in [2.45, 2.75) is 45.8 Å². The molecule has 2 N–H and O–H groups in total. The van der Waals surface area contributed by atoms with Crippen LogP contribution in [0.5, 0.6) is 0 Å². The van der Waals surface area contributed by atoms with Crippen LogP contribution in [0.15, 0.2) is 6.33 Å². The molecule has 5 heteroatoms. The Hall–Kier alpha value is -0.940.